The third kappa shape index (κ3) is 4.14. The van der Waals surface area contributed by atoms with Crippen molar-refractivity contribution in [1.29, 1.82) is 0 Å². The van der Waals surface area contributed by atoms with E-state index in [9.17, 15) is 10.1 Å². The molecule has 0 bridgehead atoms. The molecule has 1 aromatic rings. The van der Waals surface area contributed by atoms with Crippen LogP contribution in [0.1, 0.15) is 33.6 Å². The molecule has 0 aliphatic carbocycles. The molecular formula is C12H18ClN3O2. The van der Waals surface area contributed by atoms with Crippen LogP contribution < -0.4 is 5.32 Å². The second-order valence-corrected chi connectivity index (χ2v) is 5.01. The number of rotatable bonds is 6. The first-order chi connectivity index (χ1) is 8.43. The van der Waals surface area contributed by atoms with Crippen molar-refractivity contribution in [3.8, 4) is 0 Å². The normalized spacial score (nSPS) is 14.0. The maximum atomic E-state index is 10.9. The number of aromatic nitrogens is 1. The van der Waals surface area contributed by atoms with E-state index in [2.05, 4.69) is 24.1 Å². The maximum Gasteiger partial charge on any atom is 0.312 e. The molecule has 1 heterocycles. The van der Waals surface area contributed by atoms with Gasteiger partial charge in [0, 0.05) is 18.3 Å². The molecule has 0 fully saturated rings. The first-order valence-electron chi connectivity index (χ1n) is 6.00. The minimum atomic E-state index is -0.475. The topological polar surface area (TPSA) is 68.1 Å². The molecule has 2 unspecified atom stereocenters. The minimum Gasteiger partial charge on any atom is -0.362 e. The van der Waals surface area contributed by atoms with Gasteiger partial charge in [-0.25, -0.2) is 4.98 Å². The van der Waals surface area contributed by atoms with E-state index in [4.69, 9.17) is 11.6 Å². The molecule has 1 rings (SSSR count). The average Bonchev–Trinajstić information content (AvgIpc) is 2.30. The van der Waals surface area contributed by atoms with Gasteiger partial charge in [0.1, 0.15) is 0 Å². The lowest BCUT2D eigenvalue weighted by Crippen LogP contribution is -2.19. The molecule has 0 radical (unpaired) electrons. The number of nitro groups is 1. The van der Waals surface area contributed by atoms with E-state index < -0.39 is 4.92 Å². The molecule has 1 aromatic heterocycles. The summed E-state index contributed by atoms with van der Waals surface area (Å²) in [6.07, 6.45) is 3.44. The van der Waals surface area contributed by atoms with Crippen molar-refractivity contribution in [1.82, 2.24) is 4.98 Å². The Balaban J connectivity index is 2.80. The first-order valence-corrected chi connectivity index (χ1v) is 6.38. The van der Waals surface area contributed by atoms with Crippen LogP contribution in [0.2, 0.25) is 5.02 Å². The Labute approximate surface area is 112 Å². The summed E-state index contributed by atoms with van der Waals surface area (Å²) in [5, 5.41) is 14.2. The van der Waals surface area contributed by atoms with Gasteiger partial charge in [-0.3, -0.25) is 10.1 Å². The molecule has 0 amide bonds. The molecule has 18 heavy (non-hydrogen) atoms. The molecule has 6 heteroatoms. The number of nitrogens with one attached hydrogen (secondary N) is 1. The number of nitrogens with zero attached hydrogens (tertiary/aromatic N) is 2. The van der Waals surface area contributed by atoms with Gasteiger partial charge >= 0.3 is 5.69 Å². The van der Waals surface area contributed by atoms with E-state index in [0.29, 0.717) is 5.92 Å². The average molecular weight is 272 g/mol. The lowest BCUT2D eigenvalue weighted by atomic mass is 10.0. The number of hydrogen-bond donors (Lipinski definition) is 1. The molecule has 100 valence electrons. The fraction of sp³-hybridized carbons (Fsp3) is 0.583. The van der Waals surface area contributed by atoms with Crippen LogP contribution in [0.3, 0.4) is 0 Å². The van der Waals surface area contributed by atoms with Gasteiger partial charge in [-0.2, -0.15) is 0 Å². The summed E-state index contributed by atoms with van der Waals surface area (Å²) < 4.78 is 0. The molecule has 0 aliphatic heterocycles. The summed E-state index contributed by atoms with van der Waals surface area (Å²) >= 11 is 5.71. The molecule has 0 aliphatic rings. The Bertz CT molecular complexity index is 426. The summed E-state index contributed by atoms with van der Waals surface area (Å²) in [4.78, 5) is 14.4. The highest BCUT2D eigenvalue weighted by molar-refractivity contribution is 6.30. The molecule has 0 saturated carbocycles. The fourth-order valence-corrected chi connectivity index (χ4v) is 1.89. The number of halogens is 1. The maximum absolute atomic E-state index is 10.9. The van der Waals surface area contributed by atoms with E-state index in [0.717, 1.165) is 12.8 Å². The summed E-state index contributed by atoms with van der Waals surface area (Å²) in [7, 11) is 0. The SMILES string of the molecule is CCC(C)CC(C)Nc1ncc(Cl)cc1[N+](=O)[O-]. The molecule has 1 N–H and O–H groups in total. The highest BCUT2D eigenvalue weighted by atomic mass is 35.5. The zero-order valence-electron chi connectivity index (χ0n) is 10.8. The van der Waals surface area contributed by atoms with Crippen molar-refractivity contribution >= 4 is 23.1 Å². The van der Waals surface area contributed by atoms with Crippen molar-refractivity contribution in [3.05, 3.63) is 27.4 Å². The first kappa shape index (κ1) is 14.7. The van der Waals surface area contributed by atoms with Crippen LogP contribution in [0.5, 0.6) is 0 Å². The Morgan fingerprint density at radius 1 is 1.56 bits per heavy atom. The van der Waals surface area contributed by atoms with Crippen molar-refractivity contribution in [2.45, 2.75) is 39.7 Å². The van der Waals surface area contributed by atoms with Crippen molar-refractivity contribution in [2.24, 2.45) is 5.92 Å². The van der Waals surface area contributed by atoms with Crippen LogP contribution >= 0.6 is 11.6 Å². The molecule has 0 spiro atoms. The van der Waals surface area contributed by atoms with E-state index in [1.165, 1.54) is 12.3 Å². The summed E-state index contributed by atoms with van der Waals surface area (Å²) in [5.41, 5.74) is -0.0847. The third-order valence-corrected chi connectivity index (χ3v) is 3.07. The highest BCUT2D eigenvalue weighted by Gasteiger charge is 2.18. The zero-order chi connectivity index (χ0) is 13.7. The molecule has 0 aromatic carbocycles. The van der Waals surface area contributed by atoms with Crippen molar-refractivity contribution in [3.63, 3.8) is 0 Å². The summed E-state index contributed by atoms with van der Waals surface area (Å²) in [5.74, 6) is 0.846. The Morgan fingerprint density at radius 3 is 2.78 bits per heavy atom. The highest BCUT2D eigenvalue weighted by Crippen LogP contribution is 2.26. The Kier molecular flexibility index (Phi) is 5.34. The lowest BCUT2D eigenvalue weighted by Gasteiger charge is -2.17. The fourth-order valence-electron chi connectivity index (χ4n) is 1.74. The predicted octanol–water partition coefficient (Wildman–Crippen LogP) is 3.88. The Morgan fingerprint density at radius 2 is 2.22 bits per heavy atom. The van der Waals surface area contributed by atoms with Crippen LogP contribution in [-0.4, -0.2) is 15.9 Å². The lowest BCUT2D eigenvalue weighted by molar-refractivity contribution is -0.384. The van der Waals surface area contributed by atoms with Gasteiger partial charge < -0.3 is 5.32 Å². The van der Waals surface area contributed by atoms with E-state index in [1.54, 1.807) is 0 Å². The quantitative estimate of drug-likeness (QED) is 0.630. The van der Waals surface area contributed by atoms with Crippen LogP contribution in [-0.2, 0) is 0 Å². The minimum absolute atomic E-state index is 0.0847. The molecule has 0 saturated heterocycles. The monoisotopic (exact) mass is 271 g/mol. The zero-order valence-corrected chi connectivity index (χ0v) is 11.6. The van der Waals surface area contributed by atoms with Crippen LogP contribution in [0.15, 0.2) is 12.3 Å². The number of hydrogen-bond acceptors (Lipinski definition) is 4. The van der Waals surface area contributed by atoms with E-state index >= 15 is 0 Å². The largest absolute Gasteiger partial charge is 0.362 e. The molecule has 2 atom stereocenters. The van der Waals surface area contributed by atoms with Crippen LogP contribution in [0, 0.1) is 16.0 Å². The van der Waals surface area contributed by atoms with E-state index in [1.807, 2.05) is 6.92 Å². The van der Waals surface area contributed by atoms with Gasteiger partial charge in [0.25, 0.3) is 0 Å². The van der Waals surface area contributed by atoms with Gasteiger partial charge in [-0.05, 0) is 19.3 Å². The van der Waals surface area contributed by atoms with Crippen molar-refractivity contribution in [2.75, 3.05) is 5.32 Å². The predicted molar refractivity (Wildman–Crippen MR) is 73.1 cm³/mol. The molecular weight excluding hydrogens is 254 g/mol. The standard InChI is InChI=1S/C12H18ClN3O2/c1-4-8(2)5-9(3)15-12-11(16(17)18)6-10(13)7-14-12/h6-9H,4-5H2,1-3H3,(H,14,15). The second kappa shape index (κ2) is 6.54. The summed E-state index contributed by atoms with van der Waals surface area (Å²) in [6.45, 7) is 6.27. The van der Waals surface area contributed by atoms with Gasteiger partial charge in [0.15, 0.2) is 0 Å². The van der Waals surface area contributed by atoms with Crippen molar-refractivity contribution < 1.29 is 4.92 Å². The number of pyridine rings is 1. The van der Waals surface area contributed by atoms with Crippen LogP contribution in [0.4, 0.5) is 11.5 Å². The van der Waals surface area contributed by atoms with Crippen LogP contribution in [0.25, 0.3) is 0 Å². The smallest absolute Gasteiger partial charge is 0.312 e. The Hall–Kier alpha value is -1.36. The van der Waals surface area contributed by atoms with Gasteiger partial charge in [-0.15, -0.1) is 0 Å². The van der Waals surface area contributed by atoms with Gasteiger partial charge in [-0.1, -0.05) is 31.9 Å². The van der Waals surface area contributed by atoms with Gasteiger partial charge in [0.05, 0.1) is 9.95 Å². The van der Waals surface area contributed by atoms with E-state index in [-0.39, 0.29) is 22.6 Å². The second-order valence-electron chi connectivity index (χ2n) is 4.57. The van der Waals surface area contributed by atoms with Gasteiger partial charge in [0.2, 0.25) is 5.82 Å². The number of anilines is 1. The molecule has 5 nitrogen and oxygen atoms in total. The summed E-state index contributed by atoms with van der Waals surface area (Å²) in [6, 6.07) is 1.44. The third-order valence-electron chi connectivity index (χ3n) is 2.87.